The molecular formula is C17H23F3N2O6S. The Morgan fingerprint density at radius 1 is 1.38 bits per heavy atom. The van der Waals surface area contributed by atoms with Gasteiger partial charge in [-0.05, 0) is 37.5 Å². The van der Waals surface area contributed by atoms with Gasteiger partial charge >= 0.3 is 12.1 Å². The maximum atomic E-state index is 12.3. The van der Waals surface area contributed by atoms with E-state index in [2.05, 4.69) is 4.98 Å². The number of ether oxygens (including phenoxy) is 2. The van der Waals surface area contributed by atoms with E-state index in [1.807, 2.05) is 12.1 Å². The highest BCUT2D eigenvalue weighted by atomic mass is 32.2. The van der Waals surface area contributed by atoms with Crippen molar-refractivity contribution < 1.29 is 41.0 Å². The Labute approximate surface area is 166 Å². The van der Waals surface area contributed by atoms with E-state index in [-0.39, 0.29) is 24.0 Å². The maximum Gasteiger partial charge on any atom is 0.490 e. The molecule has 1 aromatic rings. The molecule has 0 amide bonds. The second kappa shape index (κ2) is 9.83. The number of nitrogens with zero attached hydrogens (tertiary/aromatic N) is 2. The number of fused-ring (bicyclic) bond motifs is 1. The van der Waals surface area contributed by atoms with Gasteiger partial charge in [0.25, 0.3) is 0 Å². The number of carboxylic acids is 1. The molecule has 164 valence electrons. The summed E-state index contributed by atoms with van der Waals surface area (Å²) in [7, 11) is -3.22. The van der Waals surface area contributed by atoms with Crippen molar-refractivity contribution in [2.24, 2.45) is 0 Å². The third-order valence-electron chi connectivity index (χ3n) is 4.61. The van der Waals surface area contributed by atoms with Crippen LogP contribution in [0, 0.1) is 0 Å². The molecule has 0 saturated carbocycles. The van der Waals surface area contributed by atoms with Crippen LogP contribution in [0.3, 0.4) is 0 Å². The molecule has 0 aliphatic carbocycles. The fraction of sp³-hybridized carbons (Fsp3) is 0.647. The molecule has 3 rings (SSSR count). The van der Waals surface area contributed by atoms with Crippen LogP contribution >= 0.6 is 0 Å². The lowest BCUT2D eigenvalue weighted by molar-refractivity contribution is -0.192. The van der Waals surface area contributed by atoms with Crippen molar-refractivity contribution in [2.45, 2.75) is 50.8 Å². The molecule has 1 N–H and O–H groups in total. The maximum absolute atomic E-state index is 12.3. The van der Waals surface area contributed by atoms with E-state index >= 15 is 0 Å². The van der Waals surface area contributed by atoms with Crippen LogP contribution in [0.4, 0.5) is 13.2 Å². The highest BCUT2D eigenvalue weighted by molar-refractivity contribution is 7.89. The summed E-state index contributed by atoms with van der Waals surface area (Å²) < 4.78 is 69.7. The first-order valence-electron chi connectivity index (χ1n) is 8.98. The molecule has 0 radical (unpaired) electrons. The number of carboxylic acid groups (broad SMARTS) is 1. The third kappa shape index (κ3) is 6.36. The van der Waals surface area contributed by atoms with Gasteiger partial charge in [-0.2, -0.15) is 17.5 Å². The van der Waals surface area contributed by atoms with Gasteiger partial charge < -0.3 is 14.6 Å². The van der Waals surface area contributed by atoms with E-state index in [0.29, 0.717) is 19.8 Å². The van der Waals surface area contributed by atoms with Crippen molar-refractivity contribution >= 4 is 16.0 Å². The second-order valence-electron chi connectivity index (χ2n) is 6.52. The van der Waals surface area contributed by atoms with Crippen molar-refractivity contribution in [1.82, 2.24) is 9.29 Å². The molecule has 0 unspecified atom stereocenters. The van der Waals surface area contributed by atoms with E-state index in [1.165, 1.54) is 0 Å². The first-order chi connectivity index (χ1) is 13.6. The minimum absolute atomic E-state index is 0.0823. The molecule has 0 aromatic carbocycles. The first kappa shape index (κ1) is 23.5. The summed E-state index contributed by atoms with van der Waals surface area (Å²) in [4.78, 5) is 12.9. The average Bonchev–Trinajstić information content (AvgIpc) is 3.06. The molecule has 2 fully saturated rings. The second-order valence-corrected chi connectivity index (χ2v) is 8.73. The van der Waals surface area contributed by atoms with Crippen molar-refractivity contribution in [2.75, 3.05) is 18.9 Å². The van der Waals surface area contributed by atoms with Crippen LogP contribution in [0.1, 0.15) is 25.3 Å². The summed E-state index contributed by atoms with van der Waals surface area (Å²) in [6.45, 7) is 3.19. The van der Waals surface area contributed by atoms with Crippen LogP contribution in [-0.4, -0.2) is 72.1 Å². The fourth-order valence-electron chi connectivity index (χ4n) is 3.18. The van der Waals surface area contributed by atoms with Crippen molar-refractivity contribution in [3.8, 4) is 0 Å². The number of carbonyl (C=O) groups is 1. The number of sulfonamides is 1. The molecule has 2 saturated heterocycles. The predicted octanol–water partition coefficient (Wildman–Crippen LogP) is 1.81. The quantitative estimate of drug-likeness (QED) is 0.744. The molecule has 1 aromatic heterocycles. The minimum Gasteiger partial charge on any atom is -0.475 e. The standard InChI is InChI=1S/C15H22N2O4S.C2HF3O2/c1-2-22(18,19)17-10-14(15-13(17)4-3-9-20-15)21-11-12-5-7-16-8-6-12;3-2(4,5)1(6)7/h5-8,13-15H,2-4,9-11H2,1H3;(H,6,7)/t13-,14+,15+;/m0./s1. The third-order valence-corrected chi connectivity index (χ3v) is 6.47. The number of hydrogen-bond acceptors (Lipinski definition) is 6. The number of aliphatic carboxylic acids is 1. The molecule has 3 atom stereocenters. The van der Waals surface area contributed by atoms with Crippen LogP contribution < -0.4 is 0 Å². The van der Waals surface area contributed by atoms with E-state index in [1.54, 1.807) is 23.6 Å². The number of alkyl halides is 3. The van der Waals surface area contributed by atoms with Gasteiger partial charge in [0.05, 0.1) is 24.5 Å². The normalized spacial score (nSPS) is 25.0. The first-order valence-corrected chi connectivity index (χ1v) is 10.6. The summed E-state index contributed by atoms with van der Waals surface area (Å²) in [5.74, 6) is -2.64. The molecule has 0 bridgehead atoms. The topological polar surface area (TPSA) is 106 Å². The molecule has 3 heterocycles. The van der Waals surface area contributed by atoms with Gasteiger partial charge in [-0.1, -0.05) is 0 Å². The monoisotopic (exact) mass is 440 g/mol. The minimum atomic E-state index is -5.08. The number of hydrogen-bond donors (Lipinski definition) is 1. The van der Waals surface area contributed by atoms with Crippen LogP contribution in [0.2, 0.25) is 0 Å². The lowest BCUT2D eigenvalue weighted by Gasteiger charge is -2.31. The van der Waals surface area contributed by atoms with Gasteiger partial charge in [0.15, 0.2) is 0 Å². The molecule has 12 heteroatoms. The summed E-state index contributed by atoms with van der Waals surface area (Å²) in [6, 6.07) is 3.71. The van der Waals surface area contributed by atoms with Gasteiger partial charge in [-0.15, -0.1) is 0 Å². The molecule has 0 spiro atoms. The Morgan fingerprint density at radius 3 is 2.55 bits per heavy atom. The highest BCUT2D eigenvalue weighted by Gasteiger charge is 2.48. The highest BCUT2D eigenvalue weighted by Crippen LogP contribution is 2.33. The van der Waals surface area contributed by atoms with Crippen molar-refractivity contribution in [3.63, 3.8) is 0 Å². The smallest absolute Gasteiger partial charge is 0.475 e. The van der Waals surface area contributed by atoms with Crippen molar-refractivity contribution in [1.29, 1.82) is 0 Å². The average molecular weight is 440 g/mol. The zero-order valence-electron chi connectivity index (χ0n) is 15.7. The SMILES string of the molecule is CCS(=O)(=O)N1C[C@@H](OCc2ccncc2)[C@@H]2OCCC[C@@H]21.O=C(O)C(F)(F)F. The van der Waals surface area contributed by atoms with Crippen LogP contribution in [-0.2, 0) is 30.9 Å². The summed E-state index contributed by atoms with van der Waals surface area (Å²) in [5, 5.41) is 7.12. The summed E-state index contributed by atoms with van der Waals surface area (Å²) in [5.41, 5.74) is 1.03. The Kier molecular flexibility index (Phi) is 7.97. The Morgan fingerprint density at radius 2 is 2.00 bits per heavy atom. The number of pyridine rings is 1. The van der Waals surface area contributed by atoms with Gasteiger partial charge in [0.1, 0.15) is 6.10 Å². The summed E-state index contributed by atoms with van der Waals surface area (Å²) >= 11 is 0. The lowest BCUT2D eigenvalue weighted by Crippen LogP contribution is -2.44. The summed E-state index contributed by atoms with van der Waals surface area (Å²) in [6.07, 6.45) is -0.258. The van der Waals surface area contributed by atoms with Gasteiger partial charge in [-0.3, -0.25) is 4.98 Å². The zero-order valence-corrected chi connectivity index (χ0v) is 16.5. The van der Waals surface area contributed by atoms with Gasteiger partial charge in [0, 0.05) is 25.5 Å². The number of halogens is 3. The number of rotatable bonds is 5. The largest absolute Gasteiger partial charge is 0.490 e. The van der Waals surface area contributed by atoms with E-state index in [4.69, 9.17) is 19.4 Å². The molecule has 2 aliphatic heterocycles. The zero-order chi connectivity index (χ0) is 21.7. The molecular weight excluding hydrogens is 417 g/mol. The molecule has 29 heavy (non-hydrogen) atoms. The van der Waals surface area contributed by atoms with Crippen molar-refractivity contribution in [3.05, 3.63) is 30.1 Å². The lowest BCUT2D eigenvalue weighted by atomic mass is 10.0. The van der Waals surface area contributed by atoms with Crippen LogP contribution in [0.25, 0.3) is 0 Å². The van der Waals surface area contributed by atoms with E-state index < -0.39 is 22.2 Å². The molecule has 2 aliphatic rings. The Balaban J connectivity index is 0.000000370. The number of aromatic nitrogens is 1. The molecule has 8 nitrogen and oxygen atoms in total. The van der Waals surface area contributed by atoms with Crippen LogP contribution in [0.5, 0.6) is 0 Å². The van der Waals surface area contributed by atoms with E-state index in [0.717, 1.165) is 18.4 Å². The Bertz CT molecular complexity index is 775. The van der Waals surface area contributed by atoms with Crippen LogP contribution in [0.15, 0.2) is 24.5 Å². The predicted molar refractivity (Wildman–Crippen MR) is 95.4 cm³/mol. The Hall–Kier alpha value is -1.76. The fourth-order valence-corrected chi connectivity index (χ4v) is 4.53. The van der Waals surface area contributed by atoms with Gasteiger partial charge in [0.2, 0.25) is 10.0 Å². The van der Waals surface area contributed by atoms with Gasteiger partial charge in [-0.25, -0.2) is 13.2 Å². The van der Waals surface area contributed by atoms with E-state index in [9.17, 15) is 21.6 Å².